The van der Waals surface area contributed by atoms with Gasteiger partial charge in [0.15, 0.2) is 0 Å². The van der Waals surface area contributed by atoms with E-state index in [1.165, 1.54) is 19.3 Å². The van der Waals surface area contributed by atoms with Crippen LogP contribution in [0.4, 0.5) is 0 Å². The van der Waals surface area contributed by atoms with Crippen LogP contribution in [0.3, 0.4) is 0 Å². The average Bonchev–Trinajstić information content (AvgIpc) is 1.93. The second kappa shape index (κ2) is 17.0. The summed E-state index contributed by atoms with van der Waals surface area (Å²) in [5.41, 5.74) is 0. The largest absolute Gasteiger partial charge is 2.00 e. The Morgan fingerprint density at radius 2 is 2.00 bits per heavy atom. The van der Waals surface area contributed by atoms with Gasteiger partial charge in [-0.1, -0.05) is 19.4 Å². The van der Waals surface area contributed by atoms with Crippen LogP contribution in [0.5, 0.6) is 0 Å². The number of hydrogen-bond donors (Lipinski definition) is 0. The molecular formula is C9H17ClMg. The van der Waals surface area contributed by atoms with Crippen LogP contribution >= 0.6 is 12.4 Å². The summed E-state index contributed by atoms with van der Waals surface area (Å²) in [5, 5.41) is 0. The molecule has 0 nitrogen and oxygen atoms in total. The van der Waals surface area contributed by atoms with Gasteiger partial charge in [0.2, 0.25) is 0 Å². The molecule has 0 radical (unpaired) electrons. The maximum atomic E-state index is 3.49. The van der Waals surface area contributed by atoms with E-state index < -0.39 is 0 Å². The predicted octanol–water partition coefficient (Wildman–Crippen LogP) is 3.20. The van der Waals surface area contributed by atoms with E-state index in [9.17, 15) is 0 Å². The van der Waals surface area contributed by atoms with E-state index in [4.69, 9.17) is 0 Å². The molecule has 62 valence electrons. The first-order chi connectivity index (χ1) is 4.41. The van der Waals surface area contributed by atoms with Crippen LogP contribution in [0.1, 0.15) is 32.6 Å². The van der Waals surface area contributed by atoms with E-state index in [1.54, 1.807) is 0 Å². The molecule has 0 saturated heterocycles. The Kier molecular flexibility index (Phi) is 27.5. The molecule has 0 saturated carbocycles. The summed E-state index contributed by atoms with van der Waals surface area (Å²) in [6.45, 7) is 5.50. The van der Waals surface area contributed by atoms with Crippen LogP contribution in [-0.4, -0.2) is 23.1 Å². The zero-order chi connectivity index (χ0) is 6.95. The Labute approximate surface area is 93.4 Å². The van der Waals surface area contributed by atoms with Gasteiger partial charge in [-0.05, 0) is 0 Å². The Morgan fingerprint density at radius 3 is 2.09 bits per heavy atom. The molecule has 0 unspecified atom stereocenters. The van der Waals surface area contributed by atoms with Crippen molar-refractivity contribution in [1.82, 2.24) is 0 Å². The van der Waals surface area contributed by atoms with E-state index >= 15 is 0 Å². The first-order valence-corrected chi connectivity index (χ1v) is 3.67. The fraction of sp³-hybridized carbons (Fsp3) is 0.556. The van der Waals surface area contributed by atoms with E-state index in [1.807, 2.05) is 6.92 Å². The van der Waals surface area contributed by atoms with Crippen molar-refractivity contribution in [3.63, 3.8) is 0 Å². The minimum absolute atomic E-state index is 0. The van der Waals surface area contributed by atoms with Gasteiger partial charge < -0.3 is 13.3 Å². The molecule has 11 heavy (non-hydrogen) atoms. The normalized spacial score (nSPS) is 13.3. The van der Waals surface area contributed by atoms with Crippen molar-refractivity contribution < 1.29 is 0 Å². The molecule has 0 fully saturated rings. The predicted molar refractivity (Wildman–Crippen MR) is 55.9 cm³/mol. The van der Waals surface area contributed by atoms with Gasteiger partial charge in [-0.2, -0.15) is 19.3 Å². The average molecular weight is 185 g/mol. The summed E-state index contributed by atoms with van der Waals surface area (Å²) in [6.07, 6.45) is 11.5. The molecule has 1 aliphatic rings. The van der Waals surface area contributed by atoms with E-state index in [0.717, 1.165) is 6.42 Å². The zero-order valence-electron chi connectivity index (χ0n) is 7.38. The smallest absolute Gasteiger partial charge is 0.344 e. The van der Waals surface area contributed by atoms with Crippen molar-refractivity contribution in [2.24, 2.45) is 0 Å². The molecule has 2 heteroatoms. The van der Waals surface area contributed by atoms with E-state index in [2.05, 4.69) is 25.5 Å². The summed E-state index contributed by atoms with van der Waals surface area (Å²) in [4.78, 5) is 0. The van der Waals surface area contributed by atoms with Gasteiger partial charge in [-0.25, -0.2) is 0 Å². The first-order valence-electron chi connectivity index (χ1n) is 3.67. The molecule has 0 bridgehead atoms. The molecule has 0 heterocycles. The van der Waals surface area contributed by atoms with Gasteiger partial charge in [-0.3, -0.25) is 0 Å². The van der Waals surface area contributed by atoms with Crippen LogP contribution in [0.2, 0.25) is 0 Å². The van der Waals surface area contributed by atoms with Crippen LogP contribution in [-0.2, 0) is 0 Å². The third-order valence-electron chi connectivity index (χ3n) is 1.01. The Hall–Kier alpha value is 0.796. The molecule has 0 N–H and O–H groups in total. The van der Waals surface area contributed by atoms with Gasteiger partial charge in [0.25, 0.3) is 0 Å². The van der Waals surface area contributed by atoms with E-state index in [-0.39, 0.29) is 35.5 Å². The minimum atomic E-state index is 0. The fourth-order valence-electron chi connectivity index (χ4n) is 0.642. The van der Waals surface area contributed by atoms with Gasteiger partial charge in [0.1, 0.15) is 0 Å². The maximum absolute atomic E-state index is 3.49. The molecule has 0 aromatic rings. The van der Waals surface area contributed by atoms with Crippen LogP contribution in [0.15, 0.2) is 12.2 Å². The van der Waals surface area contributed by atoms with Gasteiger partial charge in [0, 0.05) is 0 Å². The standard InChI is InChI=1S/C6H9.C3H7.ClH.Mg/c1-2-4-6-5-3-1;1-3-2;;/h1-2,5H,3-4,6H2;1,3H2,2H3;1H;/q2*-1;;+2. The topological polar surface area (TPSA) is 0 Å². The summed E-state index contributed by atoms with van der Waals surface area (Å²) in [7, 11) is 0. The first kappa shape index (κ1) is 17.8. The molecule has 1 rings (SSSR count). The molecule has 0 aliphatic heterocycles. The van der Waals surface area contributed by atoms with Crippen molar-refractivity contribution in [2.75, 3.05) is 0 Å². The van der Waals surface area contributed by atoms with Crippen molar-refractivity contribution in [1.29, 1.82) is 0 Å². The second-order valence-corrected chi connectivity index (χ2v) is 2.07. The van der Waals surface area contributed by atoms with Crippen molar-refractivity contribution in [3.8, 4) is 0 Å². The summed E-state index contributed by atoms with van der Waals surface area (Å²) < 4.78 is 0. The minimum Gasteiger partial charge on any atom is -0.344 e. The third kappa shape index (κ3) is 18.1. The second-order valence-electron chi connectivity index (χ2n) is 2.07. The summed E-state index contributed by atoms with van der Waals surface area (Å²) >= 11 is 0. The molecule has 0 amide bonds. The monoisotopic (exact) mass is 184 g/mol. The quantitative estimate of drug-likeness (QED) is 0.308. The number of hydrogen-bond acceptors (Lipinski definition) is 0. The van der Waals surface area contributed by atoms with Crippen molar-refractivity contribution >= 4 is 35.5 Å². The van der Waals surface area contributed by atoms with E-state index in [0.29, 0.717) is 0 Å². The van der Waals surface area contributed by atoms with Crippen molar-refractivity contribution in [2.45, 2.75) is 32.6 Å². The molecule has 0 aromatic heterocycles. The molecular weight excluding hydrogens is 168 g/mol. The molecule has 0 atom stereocenters. The number of halogens is 1. The SMILES string of the molecule is C1=CCC[CH-]C1.Cl.[CH2-]CC.[Mg+2]. The van der Waals surface area contributed by atoms with Crippen LogP contribution in [0, 0.1) is 13.3 Å². The van der Waals surface area contributed by atoms with Gasteiger partial charge >= 0.3 is 23.1 Å². The van der Waals surface area contributed by atoms with Crippen LogP contribution in [0.25, 0.3) is 0 Å². The molecule has 0 spiro atoms. The zero-order valence-corrected chi connectivity index (χ0v) is 9.61. The van der Waals surface area contributed by atoms with Crippen molar-refractivity contribution in [3.05, 3.63) is 25.5 Å². The third-order valence-corrected chi connectivity index (χ3v) is 1.01. The maximum Gasteiger partial charge on any atom is 2.00 e. The Morgan fingerprint density at radius 1 is 1.45 bits per heavy atom. The fourth-order valence-corrected chi connectivity index (χ4v) is 0.642. The molecule has 1 aliphatic carbocycles. The van der Waals surface area contributed by atoms with Crippen LogP contribution < -0.4 is 0 Å². The van der Waals surface area contributed by atoms with Gasteiger partial charge in [-0.15, -0.1) is 18.5 Å². The summed E-state index contributed by atoms with van der Waals surface area (Å²) in [5.74, 6) is 0. The number of allylic oxidation sites excluding steroid dienone is 2. The Bertz CT molecular complexity index is 64.0. The Balaban J connectivity index is -0.000000116. The summed E-state index contributed by atoms with van der Waals surface area (Å²) in [6, 6.07) is 0. The number of rotatable bonds is 0. The van der Waals surface area contributed by atoms with Gasteiger partial charge in [0.05, 0.1) is 0 Å². The molecule has 0 aromatic carbocycles.